The maximum atomic E-state index is 14.7. The quantitative estimate of drug-likeness (QED) is 0.198. The minimum Gasteiger partial charge on any atom is -0.203 e. The van der Waals surface area contributed by atoms with E-state index in [4.69, 9.17) is 0 Å². The summed E-state index contributed by atoms with van der Waals surface area (Å²) in [6.45, 7) is 4.42. The van der Waals surface area contributed by atoms with Crippen molar-refractivity contribution in [3.8, 4) is 0 Å². The molecule has 2 aliphatic carbocycles. The van der Waals surface area contributed by atoms with Crippen molar-refractivity contribution in [3.63, 3.8) is 0 Å². The Balaban J connectivity index is 1.25. The van der Waals surface area contributed by atoms with Crippen molar-refractivity contribution in [2.45, 2.75) is 122 Å². The summed E-state index contributed by atoms with van der Waals surface area (Å²) in [5, 5.41) is 0. The zero-order valence-corrected chi connectivity index (χ0v) is 23.3. The molecule has 0 N–H and O–H groups in total. The fourth-order valence-electron chi connectivity index (χ4n) is 6.61. The van der Waals surface area contributed by atoms with Gasteiger partial charge in [-0.3, -0.25) is 0 Å². The number of allylic oxidation sites excluding steroid dienone is 2. The monoisotopic (exact) mass is 506 g/mol. The Labute approximate surface area is 225 Å². The van der Waals surface area contributed by atoms with Crippen LogP contribution < -0.4 is 0 Å². The van der Waals surface area contributed by atoms with Crippen LogP contribution in [0.5, 0.6) is 0 Å². The number of halogens is 2. The van der Waals surface area contributed by atoms with Gasteiger partial charge in [-0.15, -0.1) is 0 Å². The summed E-state index contributed by atoms with van der Waals surface area (Å²) in [4.78, 5) is 0. The van der Waals surface area contributed by atoms with Gasteiger partial charge < -0.3 is 0 Å². The van der Waals surface area contributed by atoms with Gasteiger partial charge in [0.05, 0.1) is 0 Å². The highest BCUT2D eigenvalue weighted by molar-refractivity contribution is 5.31. The highest BCUT2D eigenvalue weighted by Gasteiger charge is 2.23. The zero-order valence-electron chi connectivity index (χ0n) is 23.3. The molecule has 4 rings (SSSR count). The van der Waals surface area contributed by atoms with Crippen LogP contribution in [-0.2, 0) is 12.8 Å². The van der Waals surface area contributed by atoms with Crippen molar-refractivity contribution in [2.75, 3.05) is 0 Å². The molecule has 2 aromatic rings. The fraction of sp³-hybridized carbons (Fsp3) is 0.600. The third-order valence-corrected chi connectivity index (χ3v) is 9.19. The lowest BCUT2D eigenvalue weighted by molar-refractivity contribution is 0.304. The van der Waals surface area contributed by atoms with Gasteiger partial charge in [0.15, 0.2) is 11.6 Å². The van der Waals surface area contributed by atoms with E-state index < -0.39 is 11.6 Å². The molecule has 37 heavy (non-hydrogen) atoms. The number of hydrogen-bond acceptors (Lipinski definition) is 0. The van der Waals surface area contributed by atoms with Crippen LogP contribution in [0.3, 0.4) is 0 Å². The average molecular weight is 507 g/mol. The molecule has 0 nitrogen and oxygen atoms in total. The molecule has 0 saturated heterocycles. The summed E-state index contributed by atoms with van der Waals surface area (Å²) < 4.78 is 29.2. The first kappa shape index (κ1) is 28.1. The van der Waals surface area contributed by atoms with Crippen LogP contribution >= 0.6 is 0 Å². The van der Waals surface area contributed by atoms with Gasteiger partial charge in [0.25, 0.3) is 0 Å². The van der Waals surface area contributed by atoms with Crippen LogP contribution in [0.25, 0.3) is 0 Å². The third kappa shape index (κ3) is 7.78. The van der Waals surface area contributed by atoms with Crippen molar-refractivity contribution < 1.29 is 8.78 Å². The Hall–Kier alpha value is -1.96. The zero-order chi connectivity index (χ0) is 26.0. The van der Waals surface area contributed by atoms with Crippen LogP contribution in [0.1, 0.15) is 131 Å². The van der Waals surface area contributed by atoms with E-state index in [1.54, 1.807) is 6.07 Å². The summed E-state index contributed by atoms with van der Waals surface area (Å²) in [6.07, 6.45) is 21.8. The summed E-state index contributed by atoms with van der Waals surface area (Å²) in [7, 11) is 0. The second kappa shape index (κ2) is 14.3. The van der Waals surface area contributed by atoms with Gasteiger partial charge in [-0.05, 0) is 104 Å². The molecule has 2 heteroatoms. The minimum absolute atomic E-state index is 0.449. The van der Waals surface area contributed by atoms with Crippen molar-refractivity contribution in [2.24, 2.45) is 11.8 Å². The van der Waals surface area contributed by atoms with Crippen molar-refractivity contribution >= 4 is 0 Å². The van der Waals surface area contributed by atoms with Crippen molar-refractivity contribution in [1.82, 2.24) is 0 Å². The molecule has 0 bridgehead atoms. The molecule has 2 unspecified atom stereocenters. The van der Waals surface area contributed by atoms with Gasteiger partial charge in [0.1, 0.15) is 0 Å². The van der Waals surface area contributed by atoms with E-state index in [1.165, 1.54) is 56.1 Å². The standard InChI is InChI=1S/C35H48F2/c1-3-5-7-9-32-24-25-33(35(37)34(32)36)19-14-27-12-17-29(18-13-27)31-22-20-30(21-23-31)28-15-10-26(11-16-28)8-6-4-2/h12,17,20-29H,3-11,13-16,18-19H2,1-2H3. The number of hydrogen-bond donors (Lipinski definition) is 0. The first-order valence-corrected chi connectivity index (χ1v) is 15.3. The fourth-order valence-corrected chi connectivity index (χ4v) is 6.61. The predicted molar refractivity (Wildman–Crippen MR) is 153 cm³/mol. The lowest BCUT2D eigenvalue weighted by Gasteiger charge is -2.29. The normalized spacial score (nSPS) is 23.9. The minimum atomic E-state index is -0.624. The SMILES string of the molecule is CCCCCc1ccc(CCC2C=CC(c3ccc(C4CCC(CCCC)CC4)cc3)CC2)c(F)c1F. The van der Waals surface area contributed by atoms with Gasteiger partial charge in [-0.2, -0.15) is 0 Å². The predicted octanol–water partition coefficient (Wildman–Crippen LogP) is 10.8. The van der Waals surface area contributed by atoms with Gasteiger partial charge >= 0.3 is 0 Å². The Kier molecular flexibility index (Phi) is 10.8. The molecule has 0 spiro atoms. The van der Waals surface area contributed by atoms with E-state index in [0.717, 1.165) is 50.4 Å². The highest BCUT2D eigenvalue weighted by Crippen LogP contribution is 2.39. The summed E-state index contributed by atoms with van der Waals surface area (Å²) in [5.41, 5.74) is 4.01. The second-order valence-corrected chi connectivity index (χ2v) is 11.9. The lowest BCUT2D eigenvalue weighted by Crippen LogP contribution is -2.13. The van der Waals surface area contributed by atoms with Crippen molar-refractivity contribution in [1.29, 1.82) is 0 Å². The molecule has 2 atom stereocenters. The van der Waals surface area contributed by atoms with Crippen LogP contribution in [0.4, 0.5) is 8.78 Å². The Bertz CT molecular complexity index is 981. The first-order chi connectivity index (χ1) is 18.1. The molecule has 2 aromatic carbocycles. The van der Waals surface area contributed by atoms with Crippen LogP contribution in [0.15, 0.2) is 48.6 Å². The van der Waals surface area contributed by atoms with Gasteiger partial charge in [0.2, 0.25) is 0 Å². The van der Waals surface area contributed by atoms with E-state index in [0.29, 0.717) is 35.8 Å². The van der Waals surface area contributed by atoms with Gasteiger partial charge in [-0.25, -0.2) is 8.78 Å². The average Bonchev–Trinajstić information content (AvgIpc) is 2.94. The lowest BCUT2D eigenvalue weighted by atomic mass is 9.76. The van der Waals surface area contributed by atoms with E-state index in [9.17, 15) is 8.78 Å². The molecular weight excluding hydrogens is 458 g/mol. The maximum absolute atomic E-state index is 14.7. The van der Waals surface area contributed by atoms with E-state index in [1.807, 2.05) is 6.07 Å². The van der Waals surface area contributed by atoms with Gasteiger partial charge in [-0.1, -0.05) is 94.5 Å². The third-order valence-electron chi connectivity index (χ3n) is 9.19. The topological polar surface area (TPSA) is 0 Å². The van der Waals surface area contributed by atoms with Crippen LogP contribution in [-0.4, -0.2) is 0 Å². The second-order valence-electron chi connectivity index (χ2n) is 11.9. The van der Waals surface area contributed by atoms with E-state index in [2.05, 4.69) is 50.3 Å². The van der Waals surface area contributed by atoms with E-state index >= 15 is 0 Å². The largest absolute Gasteiger partial charge is 0.203 e. The Morgan fingerprint density at radius 3 is 1.89 bits per heavy atom. The molecule has 1 fully saturated rings. The number of benzene rings is 2. The van der Waals surface area contributed by atoms with Crippen LogP contribution in [0.2, 0.25) is 0 Å². The molecule has 1 saturated carbocycles. The Morgan fingerprint density at radius 2 is 1.27 bits per heavy atom. The molecule has 2 aliphatic rings. The number of unbranched alkanes of at least 4 members (excludes halogenated alkanes) is 3. The molecule has 0 radical (unpaired) electrons. The van der Waals surface area contributed by atoms with E-state index in [-0.39, 0.29) is 0 Å². The summed E-state index contributed by atoms with van der Waals surface area (Å²) in [6, 6.07) is 13.1. The molecule has 0 aliphatic heterocycles. The summed E-state index contributed by atoms with van der Waals surface area (Å²) >= 11 is 0. The molecule has 0 amide bonds. The first-order valence-electron chi connectivity index (χ1n) is 15.3. The Morgan fingerprint density at radius 1 is 0.622 bits per heavy atom. The molecule has 0 aromatic heterocycles. The molecule has 202 valence electrons. The highest BCUT2D eigenvalue weighted by atomic mass is 19.2. The molecular formula is C35H48F2. The van der Waals surface area contributed by atoms with Gasteiger partial charge in [0, 0.05) is 5.92 Å². The smallest absolute Gasteiger partial charge is 0.162 e. The maximum Gasteiger partial charge on any atom is 0.162 e. The summed E-state index contributed by atoms with van der Waals surface area (Å²) in [5.74, 6) is 1.38. The van der Waals surface area contributed by atoms with Crippen molar-refractivity contribution in [3.05, 3.63) is 82.4 Å². The number of rotatable bonds is 12. The van der Waals surface area contributed by atoms with Crippen LogP contribution in [0, 0.1) is 23.5 Å². The molecule has 0 heterocycles. The number of aryl methyl sites for hydroxylation is 2.